The third-order valence-electron chi connectivity index (χ3n) is 4.84. The number of fused-ring (bicyclic) bond motifs is 1. The zero-order valence-electron chi connectivity index (χ0n) is 15.5. The van der Waals surface area contributed by atoms with Gasteiger partial charge < -0.3 is 10.2 Å². The minimum Gasteiger partial charge on any atom is -0.367 e. The SMILES string of the molecule is CS(=O)(=O)CCN1CCC(Nc2cc(C#N)c3cc([N+](=O)[O-])ccc3n2)CC1. The monoisotopic (exact) mass is 403 g/mol. The molecule has 1 aliphatic heterocycles. The lowest BCUT2D eigenvalue weighted by Gasteiger charge is -2.32. The van der Waals surface area contributed by atoms with Crippen LogP contribution in [0.15, 0.2) is 24.3 Å². The Hall–Kier alpha value is -2.77. The number of nitro groups is 1. The van der Waals surface area contributed by atoms with Crippen LogP contribution in [0.25, 0.3) is 10.9 Å². The number of non-ortho nitro benzene ring substituents is 1. The number of rotatable bonds is 6. The van der Waals surface area contributed by atoms with Gasteiger partial charge in [0.1, 0.15) is 15.7 Å². The maximum Gasteiger partial charge on any atom is 0.270 e. The van der Waals surface area contributed by atoms with Gasteiger partial charge in [0.15, 0.2) is 0 Å². The number of benzene rings is 1. The highest BCUT2D eigenvalue weighted by atomic mass is 32.2. The molecule has 2 aromatic rings. The van der Waals surface area contributed by atoms with Crippen molar-refractivity contribution in [2.75, 3.05) is 37.0 Å². The number of nitro benzene ring substituents is 1. The first-order valence-corrected chi connectivity index (χ1v) is 11.0. The second-order valence-electron chi connectivity index (χ2n) is 7.02. The molecule has 0 saturated carbocycles. The molecule has 9 nitrogen and oxygen atoms in total. The molecule has 3 rings (SSSR count). The number of anilines is 1. The van der Waals surface area contributed by atoms with Gasteiger partial charge in [-0.25, -0.2) is 13.4 Å². The molecule has 0 spiro atoms. The number of nitriles is 1. The lowest BCUT2D eigenvalue weighted by atomic mass is 10.0. The molecule has 1 aliphatic rings. The van der Waals surface area contributed by atoms with Crippen molar-refractivity contribution in [3.63, 3.8) is 0 Å². The minimum absolute atomic E-state index is 0.0759. The van der Waals surface area contributed by atoms with Crippen LogP contribution < -0.4 is 5.32 Å². The standard InChI is InChI=1S/C18H21N5O4S/c1-28(26,27)9-8-22-6-4-14(5-7-22)20-18-10-13(12-19)16-11-15(23(24)25)2-3-17(16)21-18/h2-3,10-11,14H,4-9H2,1H3,(H,20,21). The van der Waals surface area contributed by atoms with Crippen molar-refractivity contribution in [1.29, 1.82) is 5.26 Å². The van der Waals surface area contributed by atoms with E-state index in [0.29, 0.717) is 28.8 Å². The van der Waals surface area contributed by atoms with Crippen LogP contribution in [0.5, 0.6) is 0 Å². The second-order valence-corrected chi connectivity index (χ2v) is 9.28. The average molecular weight is 403 g/mol. The van der Waals surface area contributed by atoms with Crippen LogP contribution in [0.3, 0.4) is 0 Å². The summed E-state index contributed by atoms with van der Waals surface area (Å²) in [5.41, 5.74) is 0.785. The van der Waals surface area contributed by atoms with E-state index in [1.807, 2.05) is 0 Å². The number of likely N-dealkylation sites (tertiary alicyclic amines) is 1. The van der Waals surface area contributed by atoms with Crippen molar-refractivity contribution in [3.8, 4) is 6.07 Å². The highest BCUT2D eigenvalue weighted by Crippen LogP contribution is 2.26. The van der Waals surface area contributed by atoms with Crippen LogP contribution in [0, 0.1) is 21.4 Å². The van der Waals surface area contributed by atoms with Gasteiger partial charge in [-0.05, 0) is 25.0 Å². The summed E-state index contributed by atoms with van der Waals surface area (Å²) in [7, 11) is -2.96. The summed E-state index contributed by atoms with van der Waals surface area (Å²) >= 11 is 0. The molecule has 1 saturated heterocycles. The van der Waals surface area contributed by atoms with E-state index in [1.54, 1.807) is 12.1 Å². The Morgan fingerprint density at radius 2 is 2.07 bits per heavy atom. The lowest BCUT2D eigenvalue weighted by molar-refractivity contribution is -0.384. The van der Waals surface area contributed by atoms with E-state index in [-0.39, 0.29) is 17.5 Å². The molecule has 1 aromatic heterocycles. The van der Waals surface area contributed by atoms with Gasteiger partial charge in [0.05, 0.1) is 27.8 Å². The first-order chi connectivity index (χ1) is 13.2. The summed E-state index contributed by atoms with van der Waals surface area (Å²) < 4.78 is 22.6. The van der Waals surface area contributed by atoms with Gasteiger partial charge in [-0.15, -0.1) is 0 Å². The molecule has 1 fully saturated rings. The smallest absolute Gasteiger partial charge is 0.270 e. The third kappa shape index (κ3) is 4.94. The summed E-state index contributed by atoms with van der Waals surface area (Å²) in [4.78, 5) is 17.1. The first kappa shape index (κ1) is 20.0. The molecule has 0 amide bonds. The predicted molar refractivity (Wildman–Crippen MR) is 106 cm³/mol. The van der Waals surface area contributed by atoms with Gasteiger partial charge in [0, 0.05) is 49.5 Å². The summed E-state index contributed by atoms with van der Waals surface area (Å²) in [5.74, 6) is 0.724. The fraction of sp³-hybridized carbons (Fsp3) is 0.444. The topological polar surface area (TPSA) is 129 Å². The summed E-state index contributed by atoms with van der Waals surface area (Å²) in [6, 6.07) is 8.16. The molecule has 148 valence electrons. The number of pyridine rings is 1. The van der Waals surface area contributed by atoms with Crippen LogP contribution >= 0.6 is 0 Å². The molecular formula is C18H21N5O4S. The molecular weight excluding hydrogens is 382 g/mol. The van der Waals surface area contributed by atoms with Gasteiger partial charge >= 0.3 is 0 Å². The molecule has 1 N–H and O–H groups in total. The van der Waals surface area contributed by atoms with Crippen molar-refractivity contribution in [3.05, 3.63) is 39.9 Å². The number of hydrogen-bond acceptors (Lipinski definition) is 8. The van der Waals surface area contributed by atoms with Gasteiger partial charge in [-0.1, -0.05) is 0 Å². The quantitative estimate of drug-likeness (QED) is 0.572. The average Bonchev–Trinajstić information content (AvgIpc) is 2.65. The van der Waals surface area contributed by atoms with E-state index in [9.17, 15) is 23.8 Å². The first-order valence-electron chi connectivity index (χ1n) is 8.91. The zero-order valence-corrected chi connectivity index (χ0v) is 16.3. The Balaban J connectivity index is 1.69. The van der Waals surface area contributed by atoms with E-state index < -0.39 is 14.8 Å². The summed E-state index contributed by atoms with van der Waals surface area (Å²) in [5, 5.41) is 24.2. The Morgan fingerprint density at radius 3 is 2.68 bits per heavy atom. The molecule has 0 atom stereocenters. The van der Waals surface area contributed by atoms with E-state index in [2.05, 4.69) is 21.3 Å². The second kappa shape index (κ2) is 8.08. The molecule has 0 unspecified atom stereocenters. The van der Waals surface area contributed by atoms with E-state index in [4.69, 9.17) is 0 Å². The molecule has 0 radical (unpaired) electrons. The van der Waals surface area contributed by atoms with Crippen LogP contribution in [-0.2, 0) is 9.84 Å². The van der Waals surface area contributed by atoms with E-state index >= 15 is 0 Å². The van der Waals surface area contributed by atoms with Crippen LogP contribution in [0.4, 0.5) is 11.5 Å². The Kier molecular flexibility index (Phi) is 5.76. The zero-order chi connectivity index (χ0) is 20.3. The molecule has 2 heterocycles. The number of nitrogens with one attached hydrogen (secondary N) is 1. The van der Waals surface area contributed by atoms with Crippen molar-refractivity contribution in [1.82, 2.24) is 9.88 Å². The largest absolute Gasteiger partial charge is 0.367 e. The number of hydrogen-bond donors (Lipinski definition) is 1. The highest BCUT2D eigenvalue weighted by Gasteiger charge is 2.21. The lowest BCUT2D eigenvalue weighted by Crippen LogP contribution is -2.41. The van der Waals surface area contributed by atoms with Crippen molar-refractivity contribution < 1.29 is 13.3 Å². The van der Waals surface area contributed by atoms with Crippen molar-refractivity contribution in [2.45, 2.75) is 18.9 Å². The van der Waals surface area contributed by atoms with Gasteiger partial charge in [-0.2, -0.15) is 5.26 Å². The van der Waals surface area contributed by atoms with Crippen LogP contribution in [0.1, 0.15) is 18.4 Å². The molecule has 0 bridgehead atoms. The van der Waals surface area contributed by atoms with Gasteiger partial charge in [-0.3, -0.25) is 10.1 Å². The molecule has 10 heteroatoms. The van der Waals surface area contributed by atoms with Crippen molar-refractivity contribution in [2.24, 2.45) is 0 Å². The number of sulfone groups is 1. The third-order valence-corrected chi connectivity index (χ3v) is 5.77. The highest BCUT2D eigenvalue weighted by molar-refractivity contribution is 7.90. The molecule has 0 aliphatic carbocycles. The fourth-order valence-electron chi connectivity index (χ4n) is 3.30. The normalized spacial score (nSPS) is 16.0. The Labute approximate surface area is 163 Å². The molecule has 28 heavy (non-hydrogen) atoms. The summed E-state index contributed by atoms with van der Waals surface area (Å²) in [6.45, 7) is 2.12. The minimum atomic E-state index is -2.96. The van der Waals surface area contributed by atoms with E-state index in [1.165, 1.54) is 18.4 Å². The van der Waals surface area contributed by atoms with Crippen molar-refractivity contribution >= 4 is 32.2 Å². The van der Waals surface area contributed by atoms with Gasteiger partial charge in [0.2, 0.25) is 0 Å². The maximum atomic E-state index is 11.3. The van der Waals surface area contributed by atoms with Crippen LogP contribution in [-0.4, -0.2) is 60.9 Å². The van der Waals surface area contributed by atoms with Gasteiger partial charge in [0.25, 0.3) is 5.69 Å². The Bertz CT molecular complexity index is 1040. The van der Waals surface area contributed by atoms with E-state index in [0.717, 1.165) is 25.9 Å². The molecule has 1 aromatic carbocycles. The number of nitrogens with zero attached hydrogens (tertiary/aromatic N) is 4. The number of piperidine rings is 1. The number of aromatic nitrogens is 1. The predicted octanol–water partition coefficient (Wildman–Crippen LogP) is 1.94. The Morgan fingerprint density at radius 1 is 1.36 bits per heavy atom. The maximum absolute atomic E-state index is 11.3. The fourth-order valence-corrected chi connectivity index (χ4v) is 3.89. The van der Waals surface area contributed by atoms with Crippen LogP contribution in [0.2, 0.25) is 0 Å². The summed E-state index contributed by atoms with van der Waals surface area (Å²) in [6.07, 6.45) is 2.92.